The first-order valence-electron chi connectivity index (χ1n) is 3.65. The lowest BCUT2D eigenvalue weighted by molar-refractivity contribution is -0.137. The van der Waals surface area contributed by atoms with Crippen LogP contribution in [0.5, 0.6) is 0 Å². The largest absolute Gasteiger partial charge is 0.484 e. The summed E-state index contributed by atoms with van der Waals surface area (Å²) in [6.45, 7) is 4.08. The number of nitrogens with zero attached hydrogens (tertiary/aromatic N) is 1. The van der Waals surface area contributed by atoms with E-state index >= 15 is 0 Å². The van der Waals surface area contributed by atoms with Crippen molar-refractivity contribution in [2.24, 2.45) is 0 Å². The summed E-state index contributed by atoms with van der Waals surface area (Å²) >= 11 is 0. The second kappa shape index (κ2) is 6.23. The van der Waals surface area contributed by atoms with Gasteiger partial charge in [-0.05, 0) is 13.8 Å². The van der Waals surface area contributed by atoms with Crippen molar-refractivity contribution in [1.29, 1.82) is 5.26 Å². The molecule has 4 heteroatoms. The van der Waals surface area contributed by atoms with Crippen LogP contribution in [-0.2, 0) is 14.3 Å². The topological polar surface area (TPSA) is 59.3 Å². The molecule has 0 saturated heterocycles. The van der Waals surface area contributed by atoms with E-state index in [0.29, 0.717) is 13.2 Å². The predicted molar refractivity (Wildman–Crippen MR) is 42.0 cm³/mol. The van der Waals surface area contributed by atoms with Gasteiger partial charge in [0.15, 0.2) is 0 Å². The molecule has 0 aromatic heterocycles. The Morgan fingerprint density at radius 1 is 1.42 bits per heavy atom. The maximum atomic E-state index is 10.8. The molecule has 12 heavy (non-hydrogen) atoms. The molecule has 0 aliphatic heterocycles. The molecule has 0 radical (unpaired) electrons. The molecule has 0 heterocycles. The molecule has 0 N–H and O–H groups in total. The number of hydrogen-bond donors (Lipinski definition) is 0. The van der Waals surface area contributed by atoms with E-state index in [2.05, 4.69) is 4.74 Å². The average Bonchev–Trinajstić information content (AvgIpc) is 2.04. The van der Waals surface area contributed by atoms with Crippen LogP contribution in [-0.4, -0.2) is 19.2 Å². The number of rotatable bonds is 4. The molecule has 66 valence electrons. The molecule has 0 aromatic carbocycles. The Bertz CT molecular complexity index is 215. The normalized spacial score (nSPS) is 10.2. The van der Waals surface area contributed by atoms with E-state index in [1.165, 1.54) is 0 Å². The number of carbonyl (C=O) groups excluding carboxylic acids is 1. The Morgan fingerprint density at radius 3 is 2.42 bits per heavy atom. The molecule has 0 unspecified atom stereocenters. The number of ether oxygens (including phenoxy) is 2. The van der Waals surface area contributed by atoms with Crippen molar-refractivity contribution in [2.45, 2.75) is 13.8 Å². The zero-order valence-corrected chi connectivity index (χ0v) is 7.16. The highest BCUT2D eigenvalue weighted by atomic mass is 16.5. The van der Waals surface area contributed by atoms with Gasteiger partial charge < -0.3 is 9.47 Å². The molecule has 0 fully saturated rings. The van der Waals surface area contributed by atoms with Crippen LogP contribution in [0.15, 0.2) is 11.8 Å². The number of allylic oxidation sites excluding steroid dienone is 1. The summed E-state index contributed by atoms with van der Waals surface area (Å²) in [4.78, 5) is 10.8. The maximum Gasteiger partial charge on any atom is 0.335 e. The third kappa shape index (κ3) is 4.34. The number of carbonyl (C=O) groups is 1. The van der Waals surface area contributed by atoms with Crippen LogP contribution < -0.4 is 0 Å². The van der Waals surface area contributed by atoms with E-state index in [1.54, 1.807) is 19.9 Å². The molecule has 0 rings (SSSR count). The first kappa shape index (κ1) is 10.5. The second-order valence-electron chi connectivity index (χ2n) is 1.81. The third-order valence-electron chi connectivity index (χ3n) is 0.946. The van der Waals surface area contributed by atoms with E-state index in [1.807, 2.05) is 0 Å². The molecule has 0 amide bonds. The van der Waals surface area contributed by atoms with Crippen molar-refractivity contribution in [3.8, 4) is 6.07 Å². The molecule has 0 aliphatic carbocycles. The SMILES string of the molecule is CCOC(=O)/C=C(/C#N)OCC. The smallest absolute Gasteiger partial charge is 0.335 e. The van der Waals surface area contributed by atoms with Gasteiger partial charge in [-0.15, -0.1) is 0 Å². The van der Waals surface area contributed by atoms with E-state index in [4.69, 9.17) is 10.00 Å². The van der Waals surface area contributed by atoms with Crippen molar-refractivity contribution in [3.63, 3.8) is 0 Å². The van der Waals surface area contributed by atoms with Crippen LogP contribution in [0, 0.1) is 11.3 Å². The summed E-state index contributed by atoms with van der Waals surface area (Å²) in [6.07, 6.45) is 1.03. The van der Waals surface area contributed by atoms with Crippen LogP contribution >= 0.6 is 0 Å². The van der Waals surface area contributed by atoms with Gasteiger partial charge in [0, 0.05) is 0 Å². The van der Waals surface area contributed by atoms with Crippen molar-refractivity contribution in [3.05, 3.63) is 11.8 Å². The monoisotopic (exact) mass is 169 g/mol. The number of hydrogen-bond acceptors (Lipinski definition) is 4. The van der Waals surface area contributed by atoms with E-state index in [9.17, 15) is 4.79 Å². The van der Waals surface area contributed by atoms with Crippen LogP contribution in [0.4, 0.5) is 0 Å². The molecule has 0 atom stereocenters. The summed E-state index contributed by atoms with van der Waals surface area (Å²) in [5.74, 6) is -0.571. The molecule has 0 saturated carbocycles. The highest BCUT2D eigenvalue weighted by molar-refractivity contribution is 5.83. The minimum Gasteiger partial charge on any atom is -0.484 e. The Labute approximate surface area is 71.4 Å². The summed E-state index contributed by atoms with van der Waals surface area (Å²) in [5, 5.41) is 8.42. The summed E-state index contributed by atoms with van der Waals surface area (Å²) in [5.41, 5.74) is 0. The fourth-order valence-electron chi connectivity index (χ4n) is 0.553. The lowest BCUT2D eigenvalue weighted by Crippen LogP contribution is -2.02. The zero-order chi connectivity index (χ0) is 9.40. The molecule has 0 aromatic rings. The minimum absolute atomic E-state index is 0.0176. The lowest BCUT2D eigenvalue weighted by Gasteiger charge is -1.99. The van der Waals surface area contributed by atoms with E-state index in [-0.39, 0.29) is 5.76 Å². The Kier molecular flexibility index (Phi) is 5.45. The highest BCUT2D eigenvalue weighted by Crippen LogP contribution is 1.95. The van der Waals surface area contributed by atoms with Crippen molar-refractivity contribution >= 4 is 5.97 Å². The van der Waals surface area contributed by atoms with Crippen LogP contribution in [0.3, 0.4) is 0 Å². The van der Waals surface area contributed by atoms with Gasteiger partial charge in [0.1, 0.15) is 6.07 Å². The zero-order valence-electron chi connectivity index (χ0n) is 7.16. The van der Waals surface area contributed by atoms with Crippen LogP contribution in [0.1, 0.15) is 13.8 Å². The Balaban J connectivity index is 4.10. The molecule has 4 nitrogen and oxygen atoms in total. The van der Waals surface area contributed by atoms with Gasteiger partial charge in [-0.1, -0.05) is 0 Å². The van der Waals surface area contributed by atoms with Crippen LogP contribution in [0.25, 0.3) is 0 Å². The van der Waals surface area contributed by atoms with Gasteiger partial charge in [0.2, 0.25) is 5.76 Å². The number of esters is 1. The summed E-state index contributed by atoms with van der Waals surface area (Å²) in [6, 6.07) is 1.73. The molecule has 0 spiro atoms. The Morgan fingerprint density at radius 2 is 2.00 bits per heavy atom. The second-order valence-corrected chi connectivity index (χ2v) is 1.81. The standard InChI is InChI=1S/C8H11NO3/c1-3-11-7(6-9)5-8(10)12-4-2/h5H,3-4H2,1-2H3/b7-5-. The molecular weight excluding hydrogens is 158 g/mol. The van der Waals surface area contributed by atoms with Gasteiger partial charge in [-0.2, -0.15) is 5.26 Å². The van der Waals surface area contributed by atoms with Crippen molar-refractivity contribution in [2.75, 3.05) is 13.2 Å². The quantitative estimate of drug-likeness (QED) is 0.272. The summed E-state index contributed by atoms with van der Waals surface area (Å²) < 4.78 is 9.38. The van der Waals surface area contributed by atoms with Gasteiger partial charge in [0.05, 0.1) is 19.3 Å². The van der Waals surface area contributed by atoms with E-state index in [0.717, 1.165) is 6.08 Å². The van der Waals surface area contributed by atoms with Crippen molar-refractivity contribution < 1.29 is 14.3 Å². The first-order valence-corrected chi connectivity index (χ1v) is 3.65. The van der Waals surface area contributed by atoms with E-state index < -0.39 is 5.97 Å². The van der Waals surface area contributed by atoms with Gasteiger partial charge in [0.25, 0.3) is 0 Å². The lowest BCUT2D eigenvalue weighted by atomic mass is 10.4. The van der Waals surface area contributed by atoms with Gasteiger partial charge >= 0.3 is 5.97 Å². The fourth-order valence-corrected chi connectivity index (χ4v) is 0.553. The maximum absolute atomic E-state index is 10.8. The third-order valence-corrected chi connectivity index (χ3v) is 0.946. The number of nitriles is 1. The average molecular weight is 169 g/mol. The van der Waals surface area contributed by atoms with Crippen LogP contribution in [0.2, 0.25) is 0 Å². The first-order chi connectivity index (χ1) is 5.74. The van der Waals surface area contributed by atoms with Gasteiger partial charge in [-0.3, -0.25) is 0 Å². The fraction of sp³-hybridized carbons (Fsp3) is 0.500. The minimum atomic E-state index is -0.553. The summed E-state index contributed by atoms with van der Waals surface area (Å²) in [7, 11) is 0. The Hall–Kier alpha value is -1.50. The molecule has 0 aliphatic rings. The highest BCUT2D eigenvalue weighted by Gasteiger charge is 2.00. The molecular formula is C8H11NO3. The van der Waals surface area contributed by atoms with Crippen molar-refractivity contribution in [1.82, 2.24) is 0 Å². The van der Waals surface area contributed by atoms with Gasteiger partial charge in [-0.25, -0.2) is 4.79 Å². The predicted octanol–water partition coefficient (Wildman–Crippen LogP) is 0.993. The molecule has 0 bridgehead atoms.